The molecular formula is C11H12BrN3O. The van der Waals surface area contributed by atoms with Crippen LogP contribution in [-0.4, -0.2) is 19.0 Å². The van der Waals surface area contributed by atoms with E-state index in [1.807, 2.05) is 6.07 Å². The van der Waals surface area contributed by atoms with E-state index in [1.54, 1.807) is 12.1 Å². The molecule has 0 saturated heterocycles. The van der Waals surface area contributed by atoms with E-state index < -0.39 is 0 Å². The number of hydrogen-bond acceptors (Lipinski definition) is 3. The maximum Gasteiger partial charge on any atom is 0.216 e. The zero-order valence-corrected chi connectivity index (χ0v) is 10.5. The second-order valence-electron chi connectivity index (χ2n) is 3.22. The van der Waals surface area contributed by atoms with Crippen LogP contribution in [-0.2, 0) is 4.79 Å². The predicted octanol–water partition coefficient (Wildman–Crippen LogP) is 1.87. The molecule has 0 spiro atoms. The SMILES string of the molecule is CC(=O)NCCNc1ccc(C#N)cc1Br. The number of carbonyl (C=O) groups excluding carboxylic acids is 1. The van der Waals surface area contributed by atoms with Gasteiger partial charge in [0.15, 0.2) is 0 Å². The van der Waals surface area contributed by atoms with Gasteiger partial charge in [-0.3, -0.25) is 4.79 Å². The number of amides is 1. The van der Waals surface area contributed by atoms with E-state index >= 15 is 0 Å². The second-order valence-corrected chi connectivity index (χ2v) is 4.07. The Morgan fingerprint density at radius 3 is 2.81 bits per heavy atom. The Morgan fingerprint density at radius 1 is 1.50 bits per heavy atom. The second kappa shape index (κ2) is 6.13. The minimum Gasteiger partial charge on any atom is -0.382 e. The Morgan fingerprint density at radius 2 is 2.25 bits per heavy atom. The molecule has 0 fully saturated rings. The number of nitriles is 1. The molecule has 1 aromatic carbocycles. The van der Waals surface area contributed by atoms with Crippen molar-refractivity contribution in [3.8, 4) is 6.07 Å². The first kappa shape index (κ1) is 12.5. The lowest BCUT2D eigenvalue weighted by atomic mass is 10.2. The average Bonchev–Trinajstić information content (AvgIpc) is 2.25. The standard InChI is InChI=1S/C11H12BrN3O/c1-8(16)14-4-5-15-11-3-2-9(7-13)6-10(11)12/h2-3,6,15H,4-5H2,1H3,(H,14,16). The summed E-state index contributed by atoms with van der Waals surface area (Å²) in [6.45, 7) is 2.70. The van der Waals surface area contributed by atoms with Gasteiger partial charge in [-0.15, -0.1) is 0 Å². The summed E-state index contributed by atoms with van der Waals surface area (Å²) in [6, 6.07) is 7.38. The van der Waals surface area contributed by atoms with Crippen LogP contribution in [0.4, 0.5) is 5.69 Å². The van der Waals surface area contributed by atoms with Gasteiger partial charge in [0.2, 0.25) is 5.91 Å². The summed E-state index contributed by atoms with van der Waals surface area (Å²) < 4.78 is 0.842. The van der Waals surface area contributed by atoms with E-state index in [0.717, 1.165) is 10.2 Å². The lowest BCUT2D eigenvalue weighted by Gasteiger charge is -2.08. The number of rotatable bonds is 4. The van der Waals surface area contributed by atoms with Crippen molar-refractivity contribution in [2.75, 3.05) is 18.4 Å². The largest absolute Gasteiger partial charge is 0.382 e. The number of nitrogens with zero attached hydrogens (tertiary/aromatic N) is 1. The molecule has 5 heteroatoms. The van der Waals surface area contributed by atoms with Crippen molar-refractivity contribution in [1.29, 1.82) is 5.26 Å². The van der Waals surface area contributed by atoms with Crippen LogP contribution in [0.1, 0.15) is 12.5 Å². The number of hydrogen-bond donors (Lipinski definition) is 2. The van der Waals surface area contributed by atoms with Gasteiger partial charge in [-0.1, -0.05) is 0 Å². The molecule has 0 saturated carbocycles. The summed E-state index contributed by atoms with van der Waals surface area (Å²) in [5.41, 5.74) is 1.52. The molecule has 0 aromatic heterocycles. The highest BCUT2D eigenvalue weighted by Gasteiger charge is 2.00. The molecule has 16 heavy (non-hydrogen) atoms. The first-order chi connectivity index (χ1) is 7.63. The Labute approximate surface area is 103 Å². The molecule has 0 aliphatic rings. The van der Waals surface area contributed by atoms with Crippen LogP contribution in [0.3, 0.4) is 0 Å². The zero-order valence-electron chi connectivity index (χ0n) is 8.88. The summed E-state index contributed by atoms with van der Waals surface area (Å²) in [7, 11) is 0. The Hall–Kier alpha value is -1.54. The number of nitrogens with one attached hydrogen (secondary N) is 2. The fourth-order valence-electron chi connectivity index (χ4n) is 1.16. The molecule has 4 nitrogen and oxygen atoms in total. The van der Waals surface area contributed by atoms with Crippen LogP contribution in [0.5, 0.6) is 0 Å². The molecule has 0 aliphatic carbocycles. The molecule has 1 aromatic rings. The van der Waals surface area contributed by atoms with Gasteiger partial charge in [0.1, 0.15) is 0 Å². The van der Waals surface area contributed by atoms with Crippen LogP contribution in [0.15, 0.2) is 22.7 Å². The van der Waals surface area contributed by atoms with Crippen LogP contribution in [0, 0.1) is 11.3 Å². The van der Waals surface area contributed by atoms with E-state index in [-0.39, 0.29) is 5.91 Å². The predicted molar refractivity (Wildman–Crippen MR) is 66.0 cm³/mol. The van der Waals surface area contributed by atoms with Gasteiger partial charge in [0, 0.05) is 30.2 Å². The maximum absolute atomic E-state index is 10.6. The van der Waals surface area contributed by atoms with Crippen molar-refractivity contribution in [2.24, 2.45) is 0 Å². The Balaban J connectivity index is 2.49. The highest BCUT2D eigenvalue weighted by molar-refractivity contribution is 9.10. The first-order valence-electron chi connectivity index (χ1n) is 4.81. The quantitative estimate of drug-likeness (QED) is 0.828. The van der Waals surface area contributed by atoms with Crippen LogP contribution in [0.25, 0.3) is 0 Å². The molecule has 0 aliphatic heterocycles. The highest BCUT2D eigenvalue weighted by Crippen LogP contribution is 2.22. The fraction of sp³-hybridized carbons (Fsp3) is 0.273. The molecule has 84 valence electrons. The molecular weight excluding hydrogens is 270 g/mol. The summed E-state index contributed by atoms with van der Waals surface area (Å²) in [5.74, 6) is -0.0410. The zero-order chi connectivity index (χ0) is 12.0. The molecule has 0 unspecified atom stereocenters. The number of benzene rings is 1. The van der Waals surface area contributed by atoms with E-state index in [4.69, 9.17) is 5.26 Å². The van der Waals surface area contributed by atoms with Crippen LogP contribution >= 0.6 is 15.9 Å². The van der Waals surface area contributed by atoms with Crippen molar-refractivity contribution in [3.63, 3.8) is 0 Å². The highest BCUT2D eigenvalue weighted by atomic mass is 79.9. The van der Waals surface area contributed by atoms with Crippen molar-refractivity contribution in [2.45, 2.75) is 6.92 Å². The first-order valence-corrected chi connectivity index (χ1v) is 5.60. The monoisotopic (exact) mass is 281 g/mol. The third-order valence-electron chi connectivity index (χ3n) is 1.91. The molecule has 0 radical (unpaired) electrons. The molecule has 0 atom stereocenters. The van der Waals surface area contributed by atoms with Crippen LogP contribution < -0.4 is 10.6 Å². The smallest absolute Gasteiger partial charge is 0.216 e. The molecule has 1 amide bonds. The maximum atomic E-state index is 10.6. The number of carbonyl (C=O) groups is 1. The third kappa shape index (κ3) is 3.91. The minimum absolute atomic E-state index is 0.0410. The molecule has 0 heterocycles. The van der Waals surface area contributed by atoms with Crippen molar-refractivity contribution >= 4 is 27.5 Å². The van der Waals surface area contributed by atoms with Gasteiger partial charge in [-0.2, -0.15) is 5.26 Å². The molecule has 1 rings (SSSR count). The lowest BCUT2D eigenvalue weighted by Crippen LogP contribution is -2.26. The van der Waals surface area contributed by atoms with E-state index in [2.05, 4.69) is 32.6 Å². The topological polar surface area (TPSA) is 64.9 Å². The Bertz CT molecular complexity index is 426. The number of anilines is 1. The van der Waals surface area contributed by atoms with Gasteiger partial charge < -0.3 is 10.6 Å². The van der Waals surface area contributed by atoms with Crippen molar-refractivity contribution in [1.82, 2.24) is 5.32 Å². The minimum atomic E-state index is -0.0410. The molecule has 2 N–H and O–H groups in total. The van der Waals surface area contributed by atoms with Crippen molar-refractivity contribution in [3.05, 3.63) is 28.2 Å². The normalized spacial score (nSPS) is 9.31. The lowest BCUT2D eigenvalue weighted by molar-refractivity contribution is -0.118. The van der Waals surface area contributed by atoms with Gasteiger partial charge in [-0.25, -0.2) is 0 Å². The van der Waals surface area contributed by atoms with E-state index in [9.17, 15) is 4.79 Å². The van der Waals surface area contributed by atoms with E-state index in [0.29, 0.717) is 18.7 Å². The van der Waals surface area contributed by atoms with E-state index in [1.165, 1.54) is 6.92 Å². The fourth-order valence-corrected chi connectivity index (χ4v) is 1.68. The number of halogens is 1. The van der Waals surface area contributed by atoms with Crippen LogP contribution in [0.2, 0.25) is 0 Å². The Kier molecular flexibility index (Phi) is 4.80. The van der Waals surface area contributed by atoms with Gasteiger partial charge in [0.05, 0.1) is 11.6 Å². The van der Waals surface area contributed by atoms with Gasteiger partial charge >= 0.3 is 0 Å². The van der Waals surface area contributed by atoms with Gasteiger partial charge in [-0.05, 0) is 34.1 Å². The summed E-state index contributed by atoms with van der Waals surface area (Å²) in [6.07, 6.45) is 0. The summed E-state index contributed by atoms with van der Waals surface area (Å²) >= 11 is 3.37. The average molecular weight is 282 g/mol. The summed E-state index contributed by atoms with van der Waals surface area (Å²) in [4.78, 5) is 10.6. The summed E-state index contributed by atoms with van der Waals surface area (Å²) in [5, 5.41) is 14.5. The van der Waals surface area contributed by atoms with Crippen molar-refractivity contribution < 1.29 is 4.79 Å². The molecule has 0 bridgehead atoms. The third-order valence-corrected chi connectivity index (χ3v) is 2.57. The van der Waals surface area contributed by atoms with Gasteiger partial charge in [0.25, 0.3) is 0 Å².